The SMILES string of the molecule is C=CC[As+](CC=C)(c1ccccc1)c1ccccc1. The summed E-state index contributed by atoms with van der Waals surface area (Å²) >= 11 is -2.20. The van der Waals surface area contributed by atoms with Crippen LogP contribution in [0.5, 0.6) is 0 Å². The summed E-state index contributed by atoms with van der Waals surface area (Å²) in [7, 11) is 0. The van der Waals surface area contributed by atoms with E-state index in [9.17, 15) is 0 Å². The first-order valence-electron chi connectivity index (χ1n) is 6.53. The molecule has 19 heavy (non-hydrogen) atoms. The van der Waals surface area contributed by atoms with Gasteiger partial charge in [0.25, 0.3) is 0 Å². The van der Waals surface area contributed by atoms with E-state index >= 15 is 0 Å². The van der Waals surface area contributed by atoms with Crippen molar-refractivity contribution >= 4 is 22.3 Å². The van der Waals surface area contributed by atoms with Crippen LogP contribution in [0.25, 0.3) is 0 Å². The predicted molar refractivity (Wildman–Crippen MR) is 87.9 cm³/mol. The minimum absolute atomic E-state index is 1.08. The van der Waals surface area contributed by atoms with E-state index in [1.807, 2.05) is 0 Å². The summed E-state index contributed by atoms with van der Waals surface area (Å²) in [6, 6.07) is 21.8. The normalized spacial score (nSPS) is 10.9. The van der Waals surface area contributed by atoms with Gasteiger partial charge in [-0.3, -0.25) is 0 Å². The molecule has 0 fully saturated rings. The molecule has 0 amide bonds. The van der Waals surface area contributed by atoms with Gasteiger partial charge in [-0.1, -0.05) is 0 Å². The molecule has 0 spiro atoms. The van der Waals surface area contributed by atoms with Gasteiger partial charge in [0.2, 0.25) is 0 Å². The number of benzene rings is 2. The molecular formula is C18H20As+. The van der Waals surface area contributed by atoms with Gasteiger partial charge in [-0.05, 0) is 0 Å². The minimum atomic E-state index is -2.20. The third-order valence-electron chi connectivity index (χ3n) is 3.38. The Labute approximate surface area is 118 Å². The molecule has 0 N–H and O–H groups in total. The van der Waals surface area contributed by atoms with Gasteiger partial charge in [0, 0.05) is 0 Å². The number of rotatable bonds is 6. The molecule has 2 aromatic carbocycles. The third kappa shape index (κ3) is 2.91. The molecule has 0 nitrogen and oxygen atoms in total. The van der Waals surface area contributed by atoms with Crippen LogP contribution in [0.3, 0.4) is 0 Å². The van der Waals surface area contributed by atoms with E-state index in [1.54, 1.807) is 0 Å². The maximum atomic E-state index is 3.99. The van der Waals surface area contributed by atoms with Gasteiger partial charge < -0.3 is 0 Å². The predicted octanol–water partition coefficient (Wildman–Crippen LogP) is 3.62. The summed E-state index contributed by atoms with van der Waals surface area (Å²) in [6.45, 7) is 7.97. The zero-order valence-corrected chi connectivity index (χ0v) is 13.1. The monoisotopic (exact) mass is 311 g/mol. The van der Waals surface area contributed by atoms with Crippen LogP contribution >= 0.6 is 0 Å². The van der Waals surface area contributed by atoms with Crippen molar-refractivity contribution in [3.8, 4) is 0 Å². The fraction of sp³-hybridized carbons (Fsp3) is 0.111. The Hall–Kier alpha value is -1.52. The second-order valence-corrected chi connectivity index (χ2v) is 12.3. The topological polar surface area (TPSA) is 0 Å². The van der Waals surface area contributed by atoms with Crippen molar-refractivity contribution < 1.29 is 0 Å². The molecule has 0 aliphatic carbocycles. The van der Waals surface area contributed by atoms with Crippen molar-refractivity contribution in [2.75, 3.05) is 0 Å². The van der Waals surface area contributed by atoms with Gasteiger partial charge in [-0.25, -0.2) is 0 Å². The van der Waals surface area contributed by atoms with Crippen LogP contribution in [0, 0.1) is 0 Å². The Kier molecular flexibility index (Phi) is 4.82. The van der Waals surface area contributed by atoms with Crippen molar-refractivity contribution in [1.29, 1.82) is 0 Å². The molecule has 0 bridgehead atoms. The quantitative estimate of drug-likeness (QED) is 0.564. The van der Waals surface area contributed by atoms with E-state index in [4.69, 9.17) is 0 Å². The summed E-state index contributed by atoms with van der Waals surface area (Å²) < 4.78 is 2.98. The molecule has 0 heterocycles. The summed E-state index contributed by atoms with van der Waals surface area (Å²) in [6.07, 6.45) is 4.16. The second kappa shape index (κ2) is 6.59. The van der Waals surface area contributed by atoms with E-state index in [2.05, 4.69) is 86.0 Å². The first-order chi connectivity index (χ1) is 9.33. The average molecular weight is 311 g/mol. The molecule has 0 radical (unpaired) electrons. The fourth-order valence-corrected chi connectivity index (χ4v) is 10.2. The number of hydrogen-bond acceptors (Lipinski definition) is 0. The van der Waals surface area contributed by atoms with Crippen molar-refractivity contribution in [3.63, 3.8) is 0 Å². The van der Waals surface area contributed by atoms with Gasteiger partial charge in [-0.15, -0.1) is 0 Å². The Morgan fingerprint density at radius 2 is 1.05 bits per heavy atom. The zero-order chi connectivity index (χ0) is 13.6. The van der Waals surface area contributed by atoms with E-state index in [0.717, 1.165) is 10.4 Å². The molecule has 0 saturated carbocycles. The van der Waals surface area contributed by atoms with Gasteiger partial charge in [0.1, 0.15) is 0 Å². The second-order valence-electron chi connectivity index (χ2n) is 4.58. The van der Waals surface area contributed by atoms with Crippen molar-refractivity contribution in [2.45, 2.75) is 10.4 Å². The molecule has 0 unspecified atom stereocenters. The Morgan fingerprint density at radius 3 is 1.37 bits per heavy atom. The Morgan fingerprint density at radius 1 is 0.684 bits per heavy atom. The van der Waals surface area contributed by atoms with Gasteiger partial charge in [0.05, 0.1) is 0 Å². The first-order valence-corrected chi connectivity index (χ1v) is 11.1. The summed E-state index contributed by atoms with van der Waals surface area (Å²) in [5.41, 5.74) is 0. The van der Waals surface area contributed by atoms with Gasteiger partial charge in [0.15, 0.2) is 0 Å². The molecule has 2 aromatic rings. The molecule has 1 heteroatoms. The molecule has 0 aromatic heterocycles. The van der Waals surface area contributed by atoms with Crippen LogP contribution in [-0.2, 0) is 0 Å². The van der Waals surface area contributed by atoms with Crippen LogP contribution in [0.15, 0.2) is 86.0 Å². The molecule has 96 valence electrons. The van der Waals surface area contributed by atoms with Crippen LogP contribution < -0.4 is 8.70 Å². The zero-order valence-electron chi connectivity index (χ0n) is 11.2. The van der Waals surface area contributed by atoms with Crippen molar-refractivity contribution in [3.05, 3.63) is 86.0 Å². The number of hydrogen-bond donors (Lipinski definition) is 0. The van der Waals surface area contributed by atoms with Crippen LogP contribution in [-0.4, -0.2) is 13.6 Å². The summed E-state index contributed by atoms with van der Waals surface area (Å²) in [4.78, 5) is 0. The molecule has 0 aliphatic rings. The maximum absolute atomic E-state index is 3.99. The molecule has 0 saturated heterocycles. The van der Waals surface area contributed by atoms with E-state index < -0.39 is 13.6 Å². The Balaban J connectivity index is 2.60. The van der Waals surface area contributed by atoms with Crippen LogP contribution in [0.4, 0.5) is 0 Å². The summed E-state index contributed by atoms with van der Waals surface area (Å²) in [5.74, 6) is 0. The van der Waals surface area contributed by atoms with E-state index in [1.165, 1.54) is 8.70 Å². The third-order valence-corrected chi connectivity index (χ3v) is 12.5. The molecule has 0 atom stereocenters. The standard InChI is InChI=1S/C18H20As/c1-3-15-19(16-4-2,17-11-7-5-8-12-17)18-13-9-6-10-14-18/h3-14H,1-2,15-16H2/q+1. The molecule has 0 aliphatic heterocycles. The van der Waals surface area contributed by atoms with Crippen molar-refractivity contribution in [1.82, 2.24) is 0 Å². The van der Waals surface area contributed by atoms with Crippen LogP contribution in [0.1, 0.15) is 0 Å². The molecule has 2 rings (SSSR count). The average Bonchev–Trinajstić information content (AvgIpc) is 2.49. The van der Waals surface area contributed by atoms with E-state index in [0.29, 0.717) is 0 Å². The summed E-state index contributed by atoms with van der Waals surface area (Å²) in [5, 5.41) is 2.16. The fourth-order valence-electron chi connectivity index (χ4n) is 2.51. The van der Waals surface area contributed by atoms with E-state index in [-0.39, 0.29) is 0 Å². The van der Waals surface area contributed by atoms with Crippen molar-refractivity contribution in [2.24, 2.45) is 0 Å². The van der Waals surface area contributed by atoms with Gasteiger partial charge in [-0.2, -0.15) is 0 Å². The Bertz CT molecular complexity index is 477. The molecular weight excluding hydrogens is 291 g/mol. The first kappa shape index (κ1) is 13.9. The van der Waals surface area contributed by atoms with Gasteiger partial charge >= 0.3 is 119 Å². The van der Waals surface area contributed by atoms with Crippen LogP contribution in [0.2, 0.25) is 10.4 Å². The number of allylic oxidation sites excluding steroid dienone is 2.